The van der Waals surface area contributed by atoms with Gasteiger partial charge in [-0.1, -0.05) is 42.8 Å². The predicted octanol–water partition coefficient (Wildman–Crippen LogP) is 4.36. The van der Waals surface area contributed by atoms with Crippen molar-refractivity contribution in [3.63, 3.8) is 0 Å². The maximum absolute atomic E-state index is 12.4. The first-order chi connectivity index (χ1) is 13.1. The lowest BCUT2D eigenvalue weighted by Crippen LogP contribution is -2.47. The molecule has 1 saturated heterocycles. The van der Waals surface area contributed by atoms with E-state index in [1.807, 2.05) is 37.3 Å². The molecule has 1 aliphatic heterocycles. The van der Waals surface area contributed by atoms with Gasteiger partial charge in [0.1, 0.15) is 0 Å². The van der Waals surface area contributed by atoms with Crippen LogP contribution in [0.15, 0.2) is 42.5 Å². The van der Waals surface area contributed by atoms with Crippen LogP contribution in [0.4, 0.5) is 11.4 Å². The van der Waals surface area contributed by atoms with Gasteiger partial charge in [0.2, 0.25) is 5.91 Å². The van der Waals surface area contributed by atoms with Crippen molar-refractivity contribution >= 4 is 28.9 Å². The molecular weight excluding hydrogens is 358 g/mol. The molecule has 1 N–H and O–H groups in total. The van der Waals surface area contributed by atoms with Crippen LogP contribution in [0.5, 0.6) is 0 Å². The number of rotatable bonds is 6. The standard InChI is InChI=1S/C22H28ClN3O/c1-3-18-7-4-6-17(2)22(18)24-21(27)10-11-25-12-14-26(15-13-25)20-9-5-8-19(23)16-20/h4-9,16H,3,10-15H2,1-2H3,(H,24,27). The maximum Gasteiger partial charge on any atom is 0.225 e. The Bertz CT molecular complexity index is 785. The average molecular weight is 386 g/mol. The van der Waals surface area contributed by atoms with Crippen molar-refractivity contribution in [2.24, 2.45) is 0 Å². The van der Waals surface area contributed by atoms with E-state index < -0.39 is 0 Å². The van der Waals surface area contributed by atoms with Crippen molar-refractivity contribution in [3.05, 3.63) is 58.6 Å². The number of carbonyl (C=O) groups is 1. The monoisotopic (exact) mass is 385 g/mol. The Kier molecular flexibility index (Phi) is 6.75. The third kappa shape index (κ3) is 5.24. The molecule has 144 valence electrons. The van der Waals surface area contributed by atoms with Gasteiger partial charge in [0.25, 0.3) is 0 Å². The van der Waals surface area contributed by atoms with E-state index in [-0.39, 0.29) is 5.91 Å². The molecule has 1 amide bonds. The fraction of sp³-hybridized carbons (Fsp3) is 0.409. The van der Waals surface area contributed by atoms with E-state index in [4.69, 9.17) is 11.6 Å². The molecule has 0 saturated carbocycles. The van der Waals surface area contributed by atoms with Gasteiger partial charge in [0.15, 0.2) is 0 Å². The number of para-hydroxylation sites is 1. The third-order valence-electron chi connectivity index (χ3n) is 5.21. The molecule has 1 heterocycles. The van der Waals surface area contributed by atoms with Crippen LogP contribution in [0.25, 0.3) is 0 Å². The maximum atomic E-state index is 12.4. The van der Waals surface area contributed by atoms with Gasteiger partial charge in [-0.15, -0.1) is 0 Å². The predicted molar refractivity (Wildman–Crippen MR) is 114 cm³/mol. The number of piperazine rings is 1. The minimum atomic E-state index is 0.0938. The van der Waals surface area contributed by atoms with Gasteiger partial charge in [-0.05, 0) is 42.7 Å². The topological polar surface area (TPSA) is 35.6 Å². The summed E-state index contributed by atoms with van der Waals surface area (Å²) in [4.78, 5) is 17.1. The lowest BCUT2D eigenvalue weighted by atomic mass is 10.1. The normalized spacial score (nSPS) is 15.0. The van der Waals surface area contributed by atoms with Gasteiger partial charge in [-0.25, -0.2) is 0 Å². The highest BCUT2D eigenvalue weighted by atomic mass is 35.5. The largest absolute Gasteiger partial charge is 0.369 e. The molecular formula is C22H28ClN3O. The van der Waals surface area contributed by atoms with E-state index in [0.29, 0.717) is 6.42 Å². The molecule has 0 unspecified atom stereocenters. The summed E-state index contributed by atoms with van der Waals surface area (Å²) in [5.74, 6) is 0.0938. The lowest BCUT2D eigenvalue weighted by molar-refractivity contribution is -0.116. The molecule has 2 aromatic rings. The smallest absolute Gasteiger partial charge is 0.225 e. The first-order valence-electron chi connectivity index (χ1n) is 9.68. The Morgan fingerprint density at radius 1 is 1.11 bits per heavy atom. The molecule has 0 atom stereocenters. The first kappa shape index (κ1) is 19.7. The summed E-state index contributed by atoms with van der Waals surface area (Å²) >= 11 is 6.09. The number of nitrogens with one attached hydrogen (secondary N) is 1. The summed E-state index contributed by atoms with van der Waals surface area (Å²) in [6.07, 6.45) is 1.44. The SMILES string of the molecule is CCc1cccc(C)c1NC(=O)CCN1CCN(c2cccc(Cl)c2)CC1. The van der Waals surface area contributed by atoms with Crippen molar-refractivity contribution in [2.45, 2.75) is 26.7 Å². The van der Waals surface area contributed by atoms with Gasteiger partial charge < -0.3 is 10.2 Å². The zero-order valence-corrected chi connectivity index (χ0v) is 16.9. The molecule has 0 radical (unpaired) electrons. The van der Waals surface area contributed by atoms with E-state index >= 15 is 0 Å². The first-order valence-corrected chi connectivity index (χ1v) is 10.1. The zero-order chi connectivity index (χ0) is 19.2. The molecule has 1 fully saturated rings. The fourth-order valence-corrected chi connectivity index (χ4v) is 3.75. The molecule has 2 aromatic carbocycles. The van der Waals surface area contributed by atoms with Crippen LogP contribution in [0.1, 0.15) is 24.5 Å². The number of carbonyl (C=O) groups excluding carboxylic acids is 1. The van der Waals surface area contributed by atoms with Crippen molar-refractivity contribution in [3.8, 4) is 0 Å². The zero-order valence-electron chi connectivity index (χ0n) is 16.2. The van der Waals surface area contributed by atoms with E-state index in [1.54, 1.807) is 0 Å². The number of hydrogen-bond donors (Lipinski definition) is 1. The second kappa shape index (κ2) is 9.25. The van der Waals surface area contributed by atoms with E-state index in [2.05, 4.69) is 34.2 Å². The highest BCUT2D eigenvalue weighted by molar-refractivity contribution is 6.30. The van der Waals surface area contributed by atoms with Crippen LogP contribution < -0.4 is 10.2 Å². The van der Waals surface area contributed by atoms with Gasteiger partial charge >= 0.3 is 0 Å². The number of aryl methyl sites for hydroxylation is 2. The summed E-state index contributed by atoms with van der Waals surface area (Å²) in [5.41, 5.74) is 4.47. The molecule has 0 aromatic heterocycles. The van der Waals surface area contributed by atoms with Gasteiger partial charge in [-0.3, -0.25) is 9.69 Å². The number of halogens is 1. The number of benzene rings is 2. The summed E-state index contributed by atoms with van der Waals surface area (Å²) in [6, 6.07) is 14.2. The van der Waals surface area contributed by atoms with Crippen LogP contribution in [0.2, 0.25) is 5.02 Å². The van der Waals surface area contributed by atoms with Gasteiger partial charge in [0.05, 0.1) is 0 Å². The molecule has 0 aliphatic carbocycles. The van der Waals surface area contributed by atoms with Crippen LogP contribution in [0, 0.1) is 6.92 Å². The van der Waals surface area contributed by atoms with Crippen molar-refractivity contribution in [2.75, 3.05) is 42.9 Å². The number of anilines is 2. The average Bonchev–Trinajstić information content (AvgIpc) is 2.68. The Labute approximate surface area is 167 Å². The Hall–Kier alpha value is -2.04. The van der Waals surface area contributed by atoms with Crippen LogP contribution in [0.3, 0.4) is 0 Å². The Morgan fingerprint density at radius 2 is 1.85 bits per heavy atom. The minimum Gasteiger partial charge on any atom is -0.369 e. The van der Waals surface area contributed by atoms with Crippen molar-refractivity contribution in [1.82, 2.24) is 4.90 Å². The summed E-state index contributed by atoms with van der Waals surface area (Å²) in [6.45, 7) is 8.80. The highest BCUT2D eigenvalue weighted by Gasteiger charge is 2.18. The minimum absolute atomic E-state index is 0.0938. The molecule has 1 aliphatic rings. The van der Waals surface area contributed by atoms with Crippen molar-refractivity contribution < 1.29 is 4.79 Å². The Morgan fingerprint density at radius 3 is 2.56 bits per heavy atom. The molecule has 27 heavy (non-hydrogen) atoms. The molecule has 5 heteroatoms. The van der Waals surface area contributed by atoms with E-state index in [0.717, 1.165) is 55.4 Å². The lowest BCUT2D eigenvalue weighted by Gasteiger charge is -2.36. The number of amides is 1. The number of nitrogens with zero attached hydrogens (tertiary/aromatic N) is 2. The highest BCUT2D eigenvalue weighted by Crippen LogP contribution is 2.22. The van der Waals surface area contributed by atoms with Gasteiger partial charge in [-0.2, -0.15) is 0 Å². The van der Waals surface area contributed by atoms with Gasteiger partial charge in [0, 0.05) is 55.5 Å². The Balaban J connectivity index is 1.47. The fourth-order valence-electron chi connectivity index (χ4n) is 3.57. The molecule has 4 nitrogen and oxygen atoms in total. The third-order valence-corrected chi connectivity index (χ3v) is 5.44. The van der Waals surface area contributed by atoms with E-state index in [1.165, 1.54) is 11.3 Å². The second-order valence-corrected chi connectivity index (χ2v) is 7.51. The summed E-state index contributed by atoms with van der Waals surface area (Å²) in [7, 11) is 0. The second-order valence-electron chi connectivity index (χ2n) is 7.07. The van der Waals surface area contributed by atoms with Crippen LogP contribution >= 0.6 is 11.6 Å². The molecule has 0 bridgehead atoms. The number of hydrogen-bond acceptors (Lipinski definition) is 3. The van der Waals surface area contributed by atoms with Crippen LogP contribution in [-0.4, -0.2) is 43.5 Å². The quantitative estimate of drug-likeness (QED) is 0.802. The van der Waals surface area contributed by atoms with Crippen molar-refractivity contribution in [1.29, 1.82) is 0 Å². The van der Waals surface area contributed by atoms with Crippen LogP contribution in [-0.2, 0) is 11.2 Å². The summed E-state index contributed by atoms with van der Waals surface area (Å²) < 4.78 is 0. The van der Waals surface area contributed by atoms with E-state index in [9.17, 15) is 4.79 Å². The molecule has 0 spiro atoms. The summed E-state index contributed by atoms with van der Waals surface area (Å²) in [5, 5.41) is 3.89. The molecule has 3 rings (SSSR count).